The Kier molecular flexibility index (Phi) is 4.28. The number of methoxy groups -OCH3 is 1. The van der Waals surface area contributed by atoms with E-state index in [0.717, 1.165) is 17.2 Å². The minimum absolute atomic E-state index is 0.0935. The third-order valence-electron chi connectivity index (χ3n) is 2.63. The lowest BCUT2D eigenvalue weighted by molar-refractivity contribution is -0.137. The number of carboxylic acids is 1. The molecule has 0 saturated carbocycles. The van der Waals surface area contributed by atoms with Crippen LogP contribution < -0.4 is 4.74 Å². The highest BCUT2D eigenvalue weighted by Crippen LogP contribution is 2.30. The highest BCUT2D eigenvalue weighted by molar-refractivity contribution is 8.03. The van der Waals surface area contributed by atoms with Crippen molar-refractivity contribution in [3.63, 3.8) is 0 Å². The molecule has 1 N–H and O–H groups in total. The smallest absolute Gasteiger partial charge is 0.317 e. The second kappa shape index (κ2) is 5.93. The molecule has 96 valence electrons. The molecule has 0 aliphatic carbocycles. The summed E-state index contributed by atoms with van der Waals surface area (Å²) in [4.78, 5) is 13.7. The normalized spacial score (nSPS) is 18.2. The molecular formula is C13H15NO3S. The first-order chi connectivity index (χ1) is 8.69. The van der Waals surface area contributed by atoms with E-state index in [1.54, 1.807) is 18.9 Å². The van der Waals surface area contributed by atoms with Crippen molar-refractivity contribution in [2.24, 2.45) is 0 Å². The van der Waals surface area contributed by atoms with Gasteiger partial charge in [-0.15, -0.1) is 11.8 Å². The summed E-state index contributed by atoms with van der Waals surface area (Å²) in [6.45, 7) is 0.783. The fraction of sp³-hybridized carbons (Fsp3) is 0.308. The predicted octanol–water partition coefficient (Wildman–Crippen LogP) is 2.13. The summed E-state index contributed by atoms with van der Waals surface area (Å²) in [6.07, 6.45) is 2.06. The van der Waals surface area contributed by atoms with Gasteiger partial charge in [-0.25, -0.2) is 0 Å². The Morgan fingerprint density at radius 1 is 1.56 bits per heavy atom. The molecule has 1 fully saturated rings. The molecular weight excluding hydrogens is 250 g/mol. The molecule has 1 aliphatic heterocycles. The van der Waals surface area contributed by atoms with Crippen LogP contribution in [0.2, 0.25) is 0 Å². The van der Waals surface area contributed by atoms with Crippen LogP contribution in [0.4, 0.5) is 0 Å². The van der Waals surface area contributed by atoms with Gasteiger partial charge in [-0.2, -0.15) is 0 Å². The summed E-state index contributed by atoms with van der Waals surface area (Å²) in [5, 5.41) is 8.74. The van der Waals surface area contributed by atoms with Gasteiger partial charge in [-0.05, 0) is 12.1 Å². The average molecular weight is 265 g/mol. The van der Waals surface area contributed by atoms with Crippen LogP contribution in [0.15, 0.2) is 29.2 Å². The van der Waals surface area contributed by atoms with Crippen LogP contribution in [-0.4, -0.2) is 42.1 Å². The van der Waals surface area contributed by atoms with Gasteiger partial charge in [0.15, 0.2) is 0 Å². The van der Waals surface area contributed by atoms with Gasteiger partial charge in [-0.3, -0.25) is 9.69 Å². The summed E-state index contributed by atoms with van der Waals surface area (Å²) in [6, 6.07) is 7.80. The Bertz CT molecular complexity index is 473. The number of hydrogen-bond donors (Lipinski definition) is 1. The van der Waals surface area contributed by atoms with Gasteiger partial charge in [0.1, 0.15) is 5.75 Å². The number of ether oxygens (including phenoxy) is 1. The van der Waals surface area contributed by atoms with E-state index < -0.39 is 5.97 Å². The summed E-state index contributed by atoms with van der Waals surface area (Å²) in [5.74, 6) is 0.782. The molecule has 0 atom stereocenters. The number of para-hydroxylation sites is 1. The molecule has 4 nitrogen and oxygen atoms in total. The van der Waals surface area contributed by atoms with E-state index in [1.807, 2.05) is 29.2 Å². The quantitative estimate of drug-likeness (QED) is 0.903. The van der Waals surface area contributed by atoms with Crippen LogP contribution in [0.5, 0.6) is 5.75 Å². The molecule has 1 aromatic rings. The number of carboxylic acid groups (broad SMARTS) is 1. The van der Waals surface area contributed by atoms with Gasteiger partial charge in [0, 0.05) is 22.9 Å². The molecule has 5 heteroatoms. The number of hydrogen-bond acceptors (Lipinski definition) is 4. The number of rotatable bonds is 4. The van der Waals surface area contributed by atoms with Crippen molar-refractivity contribution in [3.8, 4) is 5.75 Å². The maximum Gasteiger partial charge on any atom is 0.317 e. The number of carbonyl (C=O) groups is 1. The van der Waals surface area contributed by atoms with Crippen molar-refractivity contribution < 1.29 is 14.6 Å². The van der Waals surface area contributed by atoms with E-state index >= 15 is 0 Å². The van der Waals surface area contributed by atoms with Crippen LogP contribution in [0.1, 0.15) is 5.56 Å². The molecule has 0 unspecified atom stereocenters. The topological polar surface area (TPSA) is 49.8 Å². The Morgan fingerprint density at radius 2 is 2.33 bits per heavy atom. The zero-order valence-corrected chi connectivity index (χ0v) is 10.9. The zero-order valence-electron chi connectivity index (χ0n) is 10.1. The molecule has 1 aliphatic rings. The van der Waals surface area contributed by atoms with Crippen molar-refractivity contribution in [2.45, 2.75) is 0 Å². The first-order valence-electron chi connectivity index (χ1n) is 5.59. The maximum absolute atomic E-state index is 10.6. The standard InChI is InChI=1S/C13H15NO3S/c1-17-12-5-3-2-4-10(12)6-11-7-14(9-18-11)8-13(15)16/h2-6H,7-9H2,1H3,(H,15,16). The van der Waals surface area contributed by atoms with E-state index in [0.29, 0.717) is 6.54 Å². The van der Waals surface area contributed by atoms with E-state index in [9.17, 15) is 4.79 Å². The fourth-order valence-electron chi connectivity index (χ4n) is 1.83. The Hall–Kier alpha value is -1.46. The molecule has 18 heavy (non-hydrogen) atoms. The van der Waals surface area contributed by atoms with Crippen molar-refractivity contribution >= 4 is 23.8 Å². The first-order valence-corrected chi connectivity index (χ1v) is 6.58. The zero-order chi connectivity index (χ0) is 13.0. The molecule has 1 aromatic carbocycles. The van der Waals surface area contributed by atoms with Gasteiger partial charge >= 0.3 is 5.97 Å². The van der Waals surface area contributed by atoms with Crippen molar-refractivity contribution in [1.82, 2.24) is 4.90 Å². The summed E-state index contributed by atoms with van der Waals surface area (Å²) in [5.41, 5.74) is 1.03. The summed E-state index contributed by atoms with van der Waals surface area (Å²) < 4.78 is 5.29. The largest absolute Gasteiger partial charge is 0.496 e. The van der Waals surface area contributed by atoms with Crippen LogP contribution in [0, 0.1) is 0 Å². The van der Waals surface area contributed by atoms with Crippen molar-refractivity contribution in [3.05, 3.63) is 34.7 Å². The molecule has 1 saturated heterocycles. The molecule has 0 bridgehead atoms. The SMILES string of the molecule is COc1ccccc1C=C1CN(CC(=O)O)CS1. The second-order valence-corrected chi connectivity index (χ2v) is 5.08. The minimum Gasteiger partial charge on any atom is -0.496 e. The highest BCUT2D eigenvalue weighted by Gasteiger charge is 2.19. The number of benzene rings is 1. The average Bonchev–Trinajstić information content (AvgIpc) is 2.76. The lowest BCUT2D eigenvalue weighted by Gasteiger charge is -2.08. The minimum atomic E-state index is -0.783. The fourth-order valence-corrected chi connectivity index (χ4v) is 2.84. The Balaban J connectivity index is 2.08. The van der Waals surface area contributed by atoms with Crippen molar-refractivity contribution in [2.75, 3.05) is 26.1 Å². The number of nitrogens with zero attached hydrogens (tertiary/aromatic N) is 1. The van der Waals surface area contributed by atoms with Gasteiger partial charge in [0.25, 0.3) is 0 Å². The Morgan fingerprint density at radius 3 is 3.06 bits per heavy atom. The second-order valence-electron chi connectivity index (χ2n) is 4.01. The lowest BCUT2D eigenvalue weighted by atomic mass is 10.2. The third kappa shape index (κ3) is 3.27. The number of aliphatic carboxylic acids is 1. The van der Waals surface area contributed by atoms with Crippen LogP contribution >= 0.6 is 11.8 Å². The van der Waals surface area contributed by atoms with E-state index in [-0.39, 0.29) is 6.54 Å². The lowest BCUT2D eigenvalue weighted by Crippen LogP contribution is -2.26. The summed E-state index contributed by atoms with van der Waals surface area (Å²) >= 11 is 1.67. The Labute approximate surface area is 110 Å². The van der Waals surface area contributed by atoms with E-state index in [2.05, 4.69) is 6.08 Å². The molecule has 2 rings (SSSR count). The van der Waals surface area contributed by atoms with E-state index in [1.165, 1.54) is 4.91 Å². The molecule has 1 heterocycles. The van der Waals surface area contributed by atoms with Gasteiger partial charge in [-0.1, -0.05) is 18.2 Å². The summed E-state index contributed by atoms with van der Waals surface area (Å²) in [7, 11) is 1.65. The third-order valence-corrected chi connectivity index (χ3v) is 3.74. The van der Waals surface area contributed by atoms with E-state index in [4.69, 9.17) is 9.84 Å². The van der Waals surface area contributed by atoms with Crippen molar-refractivity contribution in [1.29, 1.82) is 0 Å². The molecule has 0 spiro atoms. The molecule has 0 aromatic heterocycles. The highest BCUT2D eigenvalue weighted by atomic mass is 32.2. The van der Waals surface area contributed by atoms with Crippen LogP contribution in [0.3, 0.4) is 0 Å². The van der Waals surface area contributed by atoms with Gasteiger partial charge in [0.05, 0.1) is 13.7 Å². The van der Waals surface area contributed by atoms with Crippen LogP contribution in [-0.2, 0) is 4.79 Å². The maximum atomic E-state index is 10.6. The van der Waals surface area contributed by atoms with Gasteiger partial charge in [0.2, 0.25) is 0 Å². The number of thioether (sulfide) groups is 1. The molecule has 0 radical (unpaired) electrons. The molecule has 0 amide bonds. The van der Waals surface area contributed by atoms with Gasteiger partial charge < -0.3 is 9.84 Å². The predicted molar refractivity (Wildman–Crippen MR) is 72.6 cm³/mol. The monoisotopic (exact) mass is 265 g/mol. The first kappa shape index (κ1) is 13.0. The van der Waals surface area contributed by atoms with Crippen LogP contribution in [0.25, 0.3) is 6.08 Å².